The van der Waals surface area contributed by atoms with E-state index in [4.69, 9.17) is 14.3 Å². The van der Waals surface area contributed by atoms with Gasteiger partial charge < -0.3 is 9.47 Å². The molecule has 0 radical (unpaired) electrons. The minimum atomic E-state index is -3.87. The monoisotopic (exact) mass is 518 g/mol. The number of rotatable bonds is 7. The molecule has 0 aromatic heterocycles. The second kappa shape index (κ2) is 9.43. The fourth-order valence-corrected chi connectivity index (χ4v) is 4.97. The number of anilines is 1. The maximum Gasteiger partial charge on any atom is 0.414 e. The Labute approximate surface area is 190 Å². The number of amides is 2. The SMILES string of the molecule is Cc1cc(Br)ccc1N1CC(C[C@](C)(C(=O)NOC2CCCCO2)S(C)(=O)=O)OC1=O. The first kappa shape index (κ1) is 24.0. The van der Waals surface area contributed by atoms with Gasteiger partial charge in [-0.15, -0.1) is 0 Å². The highest BCUT2D eigenvalue weighted by Crippen LogP contribution is 2.32. The number of nitrogens with one attached hydrogen (secondary N) is 1. The van der Waals surface area contributed by atoms with Gasteiger partial charge in [-0.2, -0.15) is 0 Å². The molecule has 11 heteroatoms. The fourth-order valence-electron chi connectivity index (χ4n) is 3.62. The molecule has 2 unspecified atom stereocenters. The van der Waals surface area contributed by atoms with Crippen molar-refractivity contribution in [3.8, 4) is 0 Å². The van der Waals surface area contributed by atoms with Gasteiger partial charge in [-0.1, -0.05) is 15.9 Å². The van der Waals surface area contributed by atoms with E-state index >= 15 is 0 Å². The highest BCUT2D eigenvalue weighted by Gasteiger charge is 2.49. The number of carbonyl (C=O) groups excluding carboxylic acids is 2. The first-order valence-corrected chi connectivity index (χ1v) is 12.7. The molecule has 1 N–H and O–H groups in total. The zero-order valence-electron chi connectivity index (χ0n) is 17.7. The van der Waals surface area contributed by atoms with E-state index in [1.807, 2.05) is 19.1 Å². The molecule has 9 nitrogen and oxygen atoms in total. The lowest BCUT2D eigenvalue weighted by Gasteiger charge is -2.29. The van der Waals surface area contributed by atoms with Crippen molar-refractivity contribution in [2.45, 2.75) is 56.7 Å². The number of benzene rings is 1. The molecule has 3 atom stereocenters. The summed E-state index contributed by atoms with van der Waals surface area (Å²) in [7, 11) is -3.87. The summed E-state index contributed by atoms with van der Waals surface area (Å²) in [5.41, 5.74) is 3.76. The molecule has 0 aliphatic carbocycles. The van der Waals surface area contributed by atoms with Crippen LogP contribution in [-0.4, -0.2) is 57.0 Å². The molecule has 0 saturated carbocycles. The Bertz CT molecular complexity index is 949. The van der Waals surface area contributed by atoms with Crippen molar-refractivity contribution in [3.63, 3.8) is 0 Å². The third-order valence-electron chi connectivity index (χ3n) is 5.66. The van der Waals surface area contributed by atoms with Gasteiger partial charge >= 0.3 is 6.09 Å². The fraction of sp³-hybridized carbons (Fsp3) is 0.600. The van der Waals surface area contributed by atoms with Gasteiger partial charge in [0.15, 0.2) is 20.9 Å². The maximum atomic E-state index is 12.8. The summed E-state index contributed by atoms with van der Waals surface area (Å²) in [6, 6.07) is 5.46. The molecule has 3 rings (SSSR count). The van der Waals surface area contributed by atoms with Gasteiger partial charge in [0, 0.05) is 30.2 Å². The van der Waals surface area contributed by atoms with Gasteiger partial charge in [0.1, 0.15) is 6.10 Å². The second-order valence-corrected chi connectivity index (χ2v) is 11.5. The van der Waals surface area contributed by atoms with Crippen molar-refractivity contribution in [1.82, 2.24) is 5.48 Å². The number of nitrogens with zero attached hydrogens (tertiary/aromatic N) is 1. The van der Waals surface area contributed by atoms with E-state index in [0.717, 1.165) is 29.1 Å². The van der Waals surface area contributed by atoms with Crippen LogP contribution in [0.3, 0.4) is 0 Å². The highest BCUT2D eigenvalue weighted by molar-refractivity contribution is 9.10. The molecule has 2 aliphatic rings. The van der Waals surface area contributed by atoms with Crippen LogP contribution in [0.5, 0.6) is 0 Å². The molecule has 2 fully saturated rings. The molecule has 0 bridgehead atoms. The number of sulfone groups is 1. The van der Waals surface area contributed by atoms with E-state index in [0.29, 0.717) is 18.7 Å². The first-order chi connectivity index (χ1) is 14.5. The summed E-state index contributed by atoms with van der Waals surface area (Å²) < 4.78 is 34.9. The van der Waals surface area contributed by atoms with Gasteiger partial charge in [-0.05, 0) is 50.5 Å². The summed E-state index contributed by atoms with van der Waals surface area (Å²) in [5, 5.41) is 0. The predicted molar refractivity (Wildman–Crippen MR) is 117 cm³/mol. The van der Waals surface area contributed by atoms with E-state index in [1.165, 1.54) is 11.8 Å². The third kappa shape index (κ3) is 5.39. The summed E-state index contributed by atoms with van der Waals surface area (Å²) in [4.78, 5) is 32.0. The molecule has 2 amide bonds. The van der Waals surface area contributed by atoms with E-state index in [9.17, 15) is 18.0 Å². The number of hydrogen-bond acceptors (Lipinski definition) is 7. The molecular weight excluding hydrogens is 492 g/mol. The van der Waals surface area contributed by atoms with Crippen LogP contribution >= 0.6 is 15.9 Å². The average molecular weight is 519 g/mol. The smallest absolute Gasteiger partial charge is 0.414 e. The Morgan fingerprint density at radius 1 is 1.39 bits per heavy atom. The second-order valence-electron chi connectivity index (χ2n) is 8.10. The lowest BCUT2D eigenvalue weighted by Crippen LogP contribution is -2.53. The van der Waals surface area contributed by atoms with Gasteiger partial charge in [-0.25, -0.2) is 23.5 Å². The number of aryl methyl sites for hydroxylation is 1. The van der Waals surface area contributed by atoms with Crippen LogP contribution in [0.4, 0.5) is 10.5 Å². The number of carbonyl (C=O) groups is 2. The van der Waals surface area contributed by atoms with Crippen molar-refractivity contribution in [2.75, 3.05) is 24.3 Å². The van der Waals surface area contributed by atoms with Crippen molar-refractivity contribution < 1.29 is 32.3 Å². The molecule has 2 heterocycles. The lowest BCUT2D eigenvalue weighted by molar-refractivity contribution is -0.201. The normalized spacial score (nSPS) is 23.9. The molecule has 2 aliphatic heterocycles. The van der Waals surface area contributed by atoms with Crippen LogP contribution in [0.2, 0.25) is 0 Å². The largest absolute Gasteiger partial charge is 0.444 e. The van der Waals surface area contributed by atoms with Crippen LogP contribution in [-0.2, 0) is 28.9 Å². The topological polar surface area (TPSA) is 111 Å². The molecule has 172 valence electrons. The lowest BCUT2D eigenvalue weighted by atomic mass is 10.0. The maximum absolute atomic E-state index is 12.8. The molecule has 2 saturated heterocycles. The Balaban J connectivity index is 1.71. The van der Waals surface area contributed by atoms with Crippen LogP contribution in [0, 0.1) is 6.92 Å². The van der Waals surface area contributed by atoms with Gasteiger partial charge in [0.2, 0.25) is 0 Å². The zero-order chi connectivity index (χ0) is 22.8. The number of hydroxylamine groups is 1. The molecule has 1 aromatic rings. The number of halogens is 1. The molecule has 31 heavy (non-hydrogen) atoms. The number of ether oxygens (including phenoxy) is 2. The standard InChI is InChI=1S/C20H27BrN2O7S/c1-13-10-14(21)7-8-16(13)23-12-15(29-19(23)25)11-20(2,31(3,26)27)18(24)22-30-17-6-4-5-9-28-17/h7-8,10,15,17H,4-6,9,11-12H2,1-3H3,(H,22,24)/t15?,17?,20-/m1/s1. The van der Waals surface area contributed by atoms with E-state index in [2.05, 4.69) is 21.4 Å². The van der Waals surface area contributed by atoms with Crippen LogP contribution < -0.4 is 10.4 Å². The third-order valence-corrected chi connectivity index (χ3v) is 8.14. The van der Waals surface area contributed by atoms with E-state index < -0.39 is 39.0 Å². The van der Waals surface area contributed by atoms with E-state index in [-0.39, 0.29) is 13.0 Å². The van der Waals surface area contributed by atoms with Crippen LogP contribution in [0.25, 0.3) is 0 Å². The molecule has 1 aromatic carbocycles. The van der Waals surface area contributed by atoms with Gasteiger partial charge in [-0.3, -0.25) is 9.69 Å². The quantitative estimate of drug-likeness (QED) is 0.552. The molecule has 0 spiro atoms. The van der Waals surface area contributed by atoms with Crippen molar-refractivity contribution in [1.29, 1.82) is 0 Å². The van der Waals surface area contributed by atoms with Crippen LogP contribution in [0.1, 0.15) is 38.2 Å². The Morgan fingerprint density at radius 3 is 2.74 bits per heavy atom. The minimum absolute atomic E-state index is 0.131. The summed E-state index contributed by atoms with van der Waals surface area (Å²) in [5.74, 6) is -0.821. The van der Waals surface area contributed by atoms with Crippen LogP contribution in [0.15, 0.2) is 22.7 Å². The zero-order valence-corrected chi connectivity index (χ0v) is 20.1. The summed E-state index contributed by atoms with van der Waals surface area (Å²) in [6.07, 6.45) is 1.22. The Morgan fingerprint density at radius 2 is 2.13 bits per heavy atom. The van der Waals surface area contributed by atoms with Crippen molar-refractivity contribution in [2.24, 2.45) is 0 Å². The average Bonchev–Trinajstić information content (AvgIpc) is 3.05. The van der Waals surface area contributed by atoms with Gasteiger partial charge in [0.05, 0.1) is 12.2 Å². The summed E-state index contributed by atoms with van der Waals surface area (Å²) in [6.45, 7) is 3.82. The van der Waals surface area contributed by atoms with Crippen molar-refractivity contribution in [3.05, 3.63) is 28.2 Å². The van der Waals surface area contributed by atoms with Crippen molar-refractivity contribution >= 4 is 43.5 Å². The Hall–Kier alpha value is -1.69. The molecular formula is C20H27BrN2O7S. The Kier molecular flexibility index (Phi) is 7.29. The number of cyclic esters (lactones) is 1. The van der Waals surface area contributed by atoms with E-state index in [1.54, 1.807) is 6.07 Å². The highest BCUT2D eigenvalue weighted by atomic mass is 79.9. The number of hydrogen-bond donors (Lipinski definition) is 1. The first-order valence-electron chi connectivity index (χ1n) is 10.0. The summed E-state index contributed by atoms with van der Waals surface area (Å²) >= 11 is 3.39. The van der Waals surface area contributed by atoms with Gasteiger partial charge in [0.25, 0.3) is 5.91 Å². The minimum Gasteiger partial charge on any atom is -0.444 e. The predicted octanol–water partition coefficient (Wildman–Crippen LogP) is 2.85.